The Bertz CT molecular complexity index is 1180. The summed E-state index contributed by atoms with van der Waals surface area (Å²) in [7, 11) is 0. The highest BCUT2D eigenvalue weighted by Crippen LogP contribution is 2.34. The molecule has 170 valence electrons. The average molecular weight is 466 g/mol. The van der Waals surface area contributed by atoms with Gasteiger partial charge in [0.05, 0.1) is 11.1 Å². The van der Waals surface area contributed by atoms with Gasteiger partial charge in [-0.3, -0.25) is 34.2 Å². The minimum absolute atomic E-state index is 0.0467. The van der Waals surface area contributed by atoms with E-state index in [9.17, 15) is 24.0 Å². The van der Waals surface area contributed by atoms with Crippen LogP contribution in [0, 0.1) is 0 Å². The summed E-state index contributed by atoms with van der Waals surface area (Å²) in [5.41, 5.74) is 0.123. The van der Waals surface area contributed by atoms with Gasteiger partial charge in [-0.2, -0.15) is 0 Å². The summed E-state index contributed by atoms with van der Waals surface area (Å²) in [5.74, 6) is -1.54. The lowest BCUT2D eigenvalue weighted by Gasteiger charge is -2.38. The maximum Gasteiger partial charge on any atom is 0.262 e. The third kappa shape index (κ3) is 4.16. The van der Waals surface area contributed by atoms with Crippen molar-refractivity contribution in [3.8, 4) is 0 Å². The lowest BCUT2D eigenvalue weighted by Crippen LogP contribution is -2.62. The van der Waals surface area contributed by atoms with Gasteiger partial charge in [-0.05, 0) is 61.1 Å². The summed E-state index contributed by atoms with van der Waals surface area (Å²) in [6, 6.07) is 12.1. The third-order valence-electron chi connectivity index (χ3n) is 5.91. The molecule has 0 bridgehead atoms. The number of benzene rings is 2. The van der Waals surface area contributed by atoms with E-state index in [0.717, 1.165) is 15.5 Å². The maximum atomic E-state index is 13.1. The Labute approximate surface area is 195 Å². The molecule has 9 heteroatoms. The van der Waals surface area contributed by atoms with Crippen molar-refractivity contribution in [3.05, 3.63) is 64.7 Å². The maximum absolute atomic E-state index is 13.1. The van der Waals surface area contributed by atoms with E-state index < -0.39 is 29.2 Å². The Hall–Kier alpha value is -3.46. The minimum atomic E-state index is -1.43. The number of nitrogens with one attached hydrogen (secondary N) is 2. The smallest absolute Gasteiger partial charge is 0.262 e. The highest BCUT2D eigenvalue weighted by atomic mass is 32.2. The Balaban J connectivity index is 1.48. The van der Waals surface area contributed by atoms with Gasteiger partial charge < -0.3 is 5.32 Å². The van der Waals surface area contributed by atoms with Crippen molar-refractivity contribution < 1.29 is 24.0 Å². The first-order chi connectivity index (χ1) is 15.7. The van der Waals surface area contributed by atoms with Gasteiger partial charge in [-0.1, -0.05) is 13.0 Å². The largest absolute Gasteiger partial charge is 0.348 e. The first kappa shape index (κ1) is 22.7. The number of amides is 5. The first-order valence-electron chi connectivity index (χ1n) is 10.6. The molecule has 0 radical (unpaired) electrons. The lowest BCUT2D eigenvalue weighted by atomic mass is 9.89. The second-order valence-electron chi connectivity index (χ2n) is 8.12. The number of fused-ring (bicyclic) bond motifs is 1. The number of carbonyl (C=O) groups excluding carboxylic acids is 5. The summed E-state index contributed by atoms with van der Waals surface area (Å²) < 4.78 is 0. The van der Waals surface area contributed by atoms with Crippen LogP contribution in [0.3, 0.4) is 0 Å². The van der Waals surface area contributed by atoms with E-state index in [0.29, 0.717) is 11.1 Å². The van der Waals surface area contributed by atoms with Gasteiger partial charge in [0, 0.05) is 23.4 Å². The molecule has 0 aliphatic carbocycles. The summed E-state index contributed by atoms with van der Waals surface area (Å²) in [5, 5.41) is 5.03. The fourth-order valence-corrected chi connectivity index (χ4v) is 4.67. The van der Waals surface area contributed by atoms with Gasteiger partial charge in [0.15, 0.2) is 0 Å². The van der Waals surface area contributed by atoms with E-state index in [-0.39, 0.29) is 36.4 Å². The molecule has 2 aromatic rings. The predicted molar refractivity (Wildman–Crippen MR) is 122 cm³/mol. The molecule has 0 saturated carbocycles. The number of rotatable bonds is 6. The number of piperidine rings is 1. The number of nitrogens with zero attached hydrogens (tertiary/aromatic N) is 1. The van der Waals surface area contributed by atoms with E-state index in [1.54, 1.807) is 36.0 Å². The number of imide groups is 2. The van der Waals surface area contributed by atoms with Gasteiger partial charge in [-0.15, -0.1) is 11.8 Å². The van der Waals surface area contributed by atoms with Crippen LogP contribution in [0.1, 0.15) is 63.3 Å². The van der Waals surface area contributed by atoms with E-state index in [1.807, 2.05) is 12.1 Å². The molecule has 0 aromatic heterocycles. The van der Waals surface area contributed by atoms with Crippen LogP contribution in [0.2, 0.25) is 0 Å². The van der Waals surface area contributed by atoms with Crippen LogP contribution in [-0.4, -0.2) is 45.7 Å². The molecule has 33 heavy (non-hydrogen) atoms. The zero-order chi connectivity index (χ0) is 23.8. The molecule has 1 unspecified atom stereocenters. The number of carbonyl (C=O) groups is 5. The topological polar surface area (TPSA) is 113 Å². The van der Waals surface area contributed by atoms with Crippen LogP contribution >= 0.6 is 11.8 Å². The van der Waals surface area contributed by atoms with Crippen LogP contribution < -0.4 is 10.6 Å². The van der Waals surface area contributed by atoms with Crippen molar-refractivity contribution in [1.82, 2.24) is 15.5 Å². The Morgan fingerprint density at radius 3 is 2.42 bits per heavy atom. The molecule has 5 amide bonds. The molecule has 8 nitrogen and oxygen atoms in total. The number of hydrogen-bond donors (Lipinski definition) is 2. The number of thioether (sulfide) groups is 1. The Morgan fingerprint density at radius 2 is 1.76 bits per heavy atom. The van der Waals surface area contributed by atoms with Crippen molar-refractivity contribution in [2.75, 3.05) is 5.75 Å². The SMILES string of the molecule is CCSc1ccc(C(=O)NCc2ccc3c(c2)C(=O)N(C2(C)CCC(=O)NC2=O)C3=O)cc1. The van der Waals surface area contributed by atoms with E-state index in [1.165, 1.54) is 13.0 Å². The van der Waals surface area contributed by atoms with Crippen LogP contribution in [0.4, 0.5) is 0 Å². The summed E-state index contributed by atoms with van der Waals surface area (Å²) in [6.07, 6.45) is 0.118. The molecule has 2 aliphatic heterocycles. The summed E-state index contributed by atoms with van der Waals surface area (Å²) in [6.45, 7) is 3.72. The van der Waals surface area contributed by atoms with Crippen LogP contribution in [0.15, 0.2) is 47.4 Å². The predicted octanol–water partition coefficient (Wildman–Crippen LogP) is 2.52. The zero-order valence-electron chi connectivity index (χ0n) is 18.3. The second-order valence-corrected chi connectivity index (χ2v) is 9.45. The molecule has 2 N–H and O–H groups in total. The molecule has 1 atom stereocenters. The zero-order valence-corrected chi connectivity index (χ0v) is 19.1. The van der Waals surface area contributed by atoms with E-state index >= 15 is 0 Å². The van der Waals surface area contributed by atoms with E-state index in [2.05, 4.69) is 17.6 Å². The average Bonchev–Trinajstić information content (AvgIpc) is 3.05. The molecular weight excluding hydrogens is 442 g/mol. The Kier molecular flexibility index (Phi) is 6.07. The van der Waals surface area contributed by atoms with E-state index in [4.69, 9.17) is 0 Å². The molecular formula is C24H23N3O5S. The van der Waals surface area contributed by atoms with Gasteiger partial charge in [0.2, 0.25) is 5.91 Å². The minimum Gasteiger partial charge on any atom is -0.348 e. The number of hydrogen-bond acceptors (Lipinski definition) is 6. The Morgan fingerprint density at radius 1 is 1.06 bits per heavy atom. The second kappa shape index (κ2) is 8.82. The standard InChI is InChI=1S/C24H23N3O5S/c1-3-33-16-7-5-15(6-8-16)20(29)25-13-14-4-9-17-18(12-14)22(31)27(21(17)30)24(2)11-10-19(28)26-23(24)32/h4-9,12H,3,10-11,13H2,1-2H3,(H,25,29)(H,26,28,32). The van der Waals surface area contributed by atoms with Crippen LogP contribution in [-0.2, 0) is 16.1 Å². The van der Waals surface area contributed by atoms with Gasteiger partial charge in [0.1, 0.15) is 5.54 Å². The quantitative estimate of drug-likeness (QED) is 0.501. The monoisotopic (exact) mass is 465 g/mol. The highest BCUT2D eigenvalue weighted by Gasteiger charge is 2.52. The third-order valence-corrected chi connectivity index (χ3v) is 6.80. The summed E-state index contributed by atoms with van der Waals surface area (Å²) in [4.78, 5) is 64.5. The highest BCUT2D eigenvalue weighted by molar-refractivity contribution is 7.99. The molecule has 2 heterocycles. The molecule has 1 fully saturated rings. The molecule has 2 aliphatic rings. The summed E-state index contributed by atoms with van der Waals surface area (Å²) >= 11 is 1.69. The van der Waals surface area contributed by atoms with Crippen LogP contribution in [0.25, 0.3) is 0 Å². The van der Waals surface area contributed by atoms with Gasteiger partial charge in [0.25, 0.3) is 23.6 Å². The fraction of sp³-hybridized carbons (Fsp3) is 0.292. The lowest BCUT2D eigenvalue weighted by molar-refractivity contribution is -0.140. The van der Waals surface area contributed by atoms with Crippen molar-refractivity contribution in [2.24, 2.45) is 0 Å². The van der Waals surface area contributed by atoms with Gasteiger partial charge >= 0.3 is 0 Å². The first-order valence-corrected chi connectivity index (χ1v) is 11.6. The molecule has 0 spiro atoms. The normalized spacial score (nSPS) is 20.0. The van der Waals surface area contributed by atoms with Crippen molar-refractivity contribution in [1.29, 1.82) is 0 Å². The molecule has 1 saturated heterocycles. The van der Waals surface area contributed by atoms with Crippen molar-refractivity contribution in [2.45, 2.75) is 43.7 Å². The van der Waals surface area contributed by atoms with Crippen molar-refractivity contribution in [3.63, 3.8) is 0 Å². The molecule has 2 aromatic carbocycles. The van der Waals surface area contributed by atoms with Crippen molar-refractivity contribution >= 4 is 41.3 Å². The molecule has 4 rings (SSSR count). The van der Waals surface area contributed by atoms with Crippen LogP contribution in [0.5, 0.6) is 0 Å². The van der Waals surface area contributed by atoms with Gasteiger partial charge in [-0.25, -0.2) is 0 Å². The fourth-order valence-electron chi connectivity index (χ4n) is 4.01.